The lowest BCUT2D eigenvalue weighted by molar-refractivity contribution is -0.376. The molecule has 1 fully saturated rings. The second-order valence-electron chi connectivity index (χ2n) is 10.3. The van der Waals surface area contributed by atoms with Crippen LogP contribution >= 0.6 is 11.6 Å². The van der Waals surface area contributed by atoms with Crippen molar-refractivity contribution in [3.63, 3.8) is 0 Å². The Balaban J connectivity index is 0. The molecule has 1 saturated carbocycles. The van der Waals surface area contributed by atoms with Crippen LogP contribution in [-0.4, -0.2) is 39.1 Å². The van der Waals surface area contributed by atoms with E-state index in [2.05, 4.69) is 49.6 Å². The molecule has 5 rings (SSSR count). The number of hydrogen-bond donors (Lipinski definition) is 2. The Morgan fingerprint density at radius 3 is 1.69 bits per heavy atom. The molecule has 1 atom stereocenters. The van der Waals surface area contributed by atoms with Crippen molar-refractivity contribution in [1.82, 2.24) is 4.98 Å². The summed E-state index contributed by atoms with van der Waals surface area (Å²) in [5, 5.41) is 10.1. The fraction of sp³-hybridized carbons (Fsp3) is 0.351. The van der Waals surface area contributed by atoms with Crippen molar-refractivity contribution in [2.24, 2.45) is 5.73 Å². The number of carbonyl (C=O) groups is 1. The Hall–Kier alpha value is -4.37. The largest absolute Gasteiger partial charge is 0.430 e. The number of anilines is 1. The SMILES string of the molecule is C#C.C#C.C1CCCCC1.C=C.CC(N)=O.Clc1ccccn1.O=S(c1ccc(F)cc1)N1CCCc2cc(C(O)(C(F)(F)F)C(F)(F)F)ccc21. The van der Waals surface area contributed by atoms with Crippen LogP contribution in [0, 0.1) is 31.5 Å². The average Bonchev–Trinajstić information content (AvgIpc) is 3.14. The van der Waals surface area contributed by atoms with Crippen molar-refractivity contribution in [1.29, 1.82) is 0 Å². The summed E-state index contributed by atoms with van der Waals surface area (Å²) in [5.41, 5.74) is -1.62. The van der Waals surface area contributed by atoms with Gasteiger partial charge in [0.1, 0.15) is 11.0 Å². The van der Waals surface area contributed by atoms with E-state index in [9.17, 15) is 44.8 Å². The Kier molecular flexibility index (Phi) is 24.5. The van der Waals surface area contributed by atoms with Gasteiger partial charge < -0.3 is 10.8 Å². The Morgan fingerprint density at radius 1 is 0.865 bits per heavy atom. The number of nitrogens with zero attached hydrogens (tertiary/aromatic N) is 2. The maximum atomic E-state index is 13.1. The quantitative estimate of drug-likeness (QED) is 0.120. The summed E-state index contributed by atoms with van der Waals surface area (Å²) in [5.74, 6) is -0.881. The van der Waals surface area contributed by atoms with Gasteiger partial charge in [0.25, 0.3) is 5.60 Å². The molecule has 52 heavy (non-hydrogen) atoms. The molecule has 286 valence electrons. The minimum absolute atomic E-state index is 0.0936. The number of fused-ring (bicyclic) bond motifs is 1. The third kappa shape index (κ3) is 16.3. The number of primary amides is 1. The molecule has 6 nitrogen and oxygen atoms in total. The molecule has 0 bridgehead atoms. The highest BCUT2D eigenvalue weighted by Gasteiger charge is 2.71. The van der Waals surface area contributed by atoms with Gasteiger partial charge in [0, 0.05) is 25.2 Å². The first-order valence-electron chi connectivity index (χ1n) is 15.4. The van der Waals surface area contributed by atoms with Gasteiger partial charge in [-0.25, -0.2) is 13.6 Å². The van der Waals surface area contributed by atoms with Gasteiger partial charge in [-0.2, -0.15) is 26.3 Å². The molecule has 1 aliphatic carbocycles. The van der Waals surface area contributed by atoms with Crippen molar-refractivity contribution in [3.8, 4) is 25.7 Å². The van der Waals surface area contributed by atoms with E-state index in [0.29, 0.717) is 23.7 Å². The van der Waals surface area contributed by atoms with Crippen LogP contribution in [0.3, 0.4) is 0 Å². The molecule has 0 saturated heterocycles. The van der Waals surface area contributed by atoms with Gasteiger partial charge in [-0.05, 0) is 60.9 Å². The van der Waals surface area contributed by atoms with Gasteiger partial charge in [0.05, 0.1) is 10.6 Å². The molecule has 1 aliphatic heterocycles. The highest BCUT2D eigenvalue weighted by Crippen LogP contribution is 2.51. The van der Waals surface area contributed by atoms with Crippen LogP contribution in [0.1, 0.15) is 63.0 Å². The fourth-order valence-corrected chi connectivity index (χ4v) is 5.93. The Morgan fingerprint density at radius 2 is 1.33 bits per heavy atom. The minimum atomic E-state index is -5.98. The van der Waals surface area contributed by atoms with Gasteiger partial charge in [-0.1, -0.05) is 68.3 Å². The normalized spacial score (nSPS) is 13.8. The smallest absolute Gasteiger partial charge is 0.370 e. The summed E-state index contributed by atoms with van der Waals surface area (Å²) in [6.07, 6.45) is 15.2. The standard InChI is InChI=1S/C18H14F7NO2S.C6H12.C5H4ClN.C2H5NO.C2H4.2C2H2/c19-13-4-6-14(7-5-13)29(28)26-9-1-2-11-10-12(3-8-15(11)26)16(27,17(20,21)22)18(23,24)25;1-2-4-6-5-3-1;6-5-3-1-2-4-7-5;1-2(3)4;3*1-2/h3-8,10,27H,1-2,9H2;1-6H2;1-4H;1H3,(H2,3,4);1-2H2;2*1-2H. The van der Waals surface area contributed by atoms with Gasteiger partial charge in [0.2, 0.25) is 5.91 Å². The Bertz CT molecular complexity index is 1480. The topological polar surface area (TPSA) is 96.5 Å². The average molecular weight is 778 g/mol. The number of alkyl halides is 6. The van der Waals surface area contributed by atoms with Crippen molar-refractivity contribution in [3.05, 3.63) is 102 Å². The van der Waals surface area contributed by atoms with E-state index in [1.54, 1.807) is 12.3 Å². The molecule has 1 amide bonds. The third-order valence-corrected chi connectivity index (χ3v) is 8.42. The molecule has 1 aromatic heterocycles. The second-order valence-corrected chi connectivity index (χ2v) is 12.1. The molecule has 3 aromatic rings. The minimum Gasteiger partial charge on any atom is -0.370 e. The van der Waals surface area contributed by atoms with Crippen LogP contribution in [0.15, 0.2) is 84.9 Å². The molecule has 0 radical (unpaired) electrons. The maximum Gasteiger partial charge on any atom is 0.430 e. The molecule has 15 heteroatoms. The highest BCUT2D eigenvalue weighted by molar-refractivity contribution is 7.86. The van der Waals surface area contributed by atoms with E-state index in [4.69, 9.17) is 11.6 Å². The Labute approximate surface area is 308 Å². The van der Waals surface area contributed by atoms with Gasteiger partial charge in [-0.3, -0.25) is 9.10 Å². The van der Waals surface area contributed by atoms with Crippen molar-refractivity contribution < 1.29 is 44.8 Å². The predicted molar refractivity (Wildman–Crippen MR) is 194 cm³/mol. The van der Waals surface area contributed by atoms with Crippen molar-refractivity contribution in [2.45, 2.75) is 81.1 Å². The number of benzene rings is 2. The second kappa shape index (κ2) is 25.6. The van der Waals surface area contributed by atoms with Crippen LogP contribution in [0.5, 0.6) is 0 Å². The summed E-state index contributed by atoms with van der Waals surface area (Å²) < 4.78 is 106. The lowest BCUT2D eigenvalue weighted by atomic mass is 9.89. The zero-order valence-electron chi connectivity index (χ0n) is 28.6. The van der Waals surface area contributed by atoms with Gasteiger partial charge in [0.15, 0.2) is 11.0 Å². The number of rotatable bonds is 3. The van der Waals surface area contributed by atoms with Crippen LogP contribution < -0.4 is 10.0 Å². The maximum absolute atomic E-state index is 13.1. The van der Waals surface area contributed by atoms with Crippen LogP contribution in [-0.2, 0) is 27.8 Å². The van der Waals surface area contributed by atoms with Gasteiger partial charge >= 0.3 is 12.4 Å². The first-order valence-corrected chi connectivity index (χ1v) is 16.9. The summed E-state index contributed by atoms with van der Waals surface area (Å²) in [6, 6.07) is 12.3. The molecule has 0 spiro atoms. The van der Waals surface area contributed by atoms with Crippen LogP contribution in [0.25, 0.3) is 0 Å². The van der Waals surface area contributed by atoms with Crippen molar-refractivity contribution >= 4 is 34.2 Å². The molecular formula is C37H43ClF7N3O3S. The number of amides is 1. The number of aryl methyl sites for hydroxylation is 1. The van der Waals surface area contributed by atoms with E-state index in [1.165, 1.54) is 61.9 Å². The number of hydrogen-bond acceptors (Lipinski definition) is 4. The van der Waals surface area contributed by atoms with E-state index >= 15 is 0 Å². The van der Waals surface area contributed by atoms with E-state index < -0.39 is 40.3 Å². The van der Waals surface area contributed by atoms with E-state index in [1.807, 2.05) is 12.1 Å². The molecule has 3 N–H and O–H groups in total. The monoisotopic (exact) mass is 777 g/mol. The fourth-order valence-electron chi connectivity index (χ4n) is 4.53. The summed E-state index contributed by atoms with van der Waals surface area (Å²) >= 11 is 5.43. The highest BCUT2D eigenvalue weighted by atomic mass is 35.5. The molecule has 2 aromatic carbocycles. The number of terminal acetylenes is 2. The van der Waals surface area contributed by atoms with Gasteiger partial charge in [-0.15, -0.1) is 38.9 Å². The van der Waals surface area contributed by atoms with Crippen LogP contribution in [0.2, 0.25) is 5.15 Å². The predicted octanol–water partition coefficient (Wildman–Crippen LogP) is 9.48. The number of aliphatic hydroxyl groups is 1. The molecule has 1 unspecified atom stereocenters. The lowest BCUT2D eigenvalue weighted by Gasteiger charge is -2.35. The number of carbonyl (C=O) groups excluding carboxylic acids is 1. The zero-order chi connectivity index (χ0) is 40.5. The van der Waals surface area contributed by atoms with E-state index in [0.717, 1.165) is 18.2 Å². The summed E-state index contributed by atoms with van der Waals surface area (Å²) in [6.45, 7) is 7.54. The first kappa shape index (κ1) is 49.7. The summed E-state index contributed by atoms with van der Waals surface area (Å²) in [7, 11) is -1.84. The number of aromatic nitrogens is 1. The number of halogens is 8. The molecular weight excluding hydrogens is 735 g/mol. The van der Waals surface area contributed by atoms with Crippen LogP contribution in [0.4, 0.5) is 36.4 Å². The third-order valence-electron chi connectivity index (χ3n) is 6.74. The zero-order valence-corrected chi connectivity index (χ0v) is 30.2. The van der Waals surface area contributed by atoms with E-state index in [-0.39, 0.29) is 35.0 Å². The molecule has 2 heterocycles. The number of pyridine rings is 1. The molecule has 2 aliphatic rings. The lowest BCUT2D eigenvalue weighted by Crippen LogP contribution is -2.54. The number of nitrogens with two attached hydrogens (primary N) is 1. The first-order chi connectivity index (χ1) is 24.5. The van der Waals surface area contributed by atoms with Crippen molar-refractivity contribution in [2.75, 3.05) is 10.8 Å². The summed E-state index contributed by atoms with van der Waals surface area (Å²) in [4.78, 5) is 13.2.